The lowest BCUT2D eigenvalue weighted by molar-refractivity contribution is 0.100. The molecule has 0 bridgehead atoms. The number of hydrogen-bond acceptors (Lipinski definition) is 2. The van der Waals surface area contributed by atoms with E-state index in [0.29, 0.717) is 12.2 Å². The molecule has 2 aromatic rings. The summed E-state index contributed by atoms with van der Waals surface area (Å²) in [5.41, 5.74) is 7.58. The molecule has 0 spiro atoms. The third-order valence-electron chi connectivity index (χ3n) is 2.67. The standard InChI is InChI=1S/C15H15NO2/c1-2-18-14-10-6-5-8-12(14)11-7-3-4-9-13(11)15(16)17/h3-10H,2H2,1H3,(H2,16,17). The fraction of sp³-hybridized carbons (Fsp3) is 0.133. The van der Waals surface area contributed by atoms with Crippen LogP contribution in [-0.4, -0.2) is 12.5 Å². The molecule has 0 heterocycles. The van der Waals surface area contributed by atoms with Crippen LogP contribution in [-0.2, 0) is 0 Å². The molecule has 2 aromatic carbocycles. The number of benzene rings is 2. The molecular formula is C15H15NO2. The minimum absolute atomic E-state index is 0.433. The van der Waals surface area contributed by atoms with E-state index in [1.807, 2.05) is 43.3 Å². The van der Waals surface area contributed by atoms with Crippen LogP contribution in [0.2, 0.25) is 0 Å². The molecular weight excluding hydrogens is 226 g/mol. The maximum absolute atomic E-state index is 11.4. The van der Waals surface area contributed by atoms with Crippen molar-refractivity contribution in [2.45, 2.75) is 6.92 Å². The minimum Gasteiger partial charge on any atom is -0.493 e. The number of nitrogens with two attached hydrogens (primary N) is 1. The van der Waals surface area contributed by atoms with Gasteiger partial charge in [0, 0.05) is 11.1 Å². The first-order valence-corrected chi connectivity index (χ1v) is 5.85. The van der Waals surface area contributed by atoms with E-state index >= 15 is 0 Å². The third kappa shape index (κ3) is 2.35. The van der Waals surface area contributed by atoms with E-state index in [0.717, 1.165) is 16.9 Å². The zero-order valence-corrected chi connectivity index (χ0v) is 10.2. The second kappa shape index (κ2) is 5.36. The topological polar surface area (TPSA) is 52.3 Å². The Morgan fingerprint density at radius 3 is 2.33 bits per heavy atom. The highest BCUT2D eigenvalue weighted by molar-refractivity contribution is 6.00. The van der Waals surface area contributed by atoms with Crippen LogP contribution in [0.5, 0.6) is 5.75 Å². The van der Waals surface area contributed by atoms with Gasteiger partial charge >= 0.3 is 0 Å². The maximum Gasteiger partial charge on any atom is 0.249 e. The molecule has 3 heteroatoms. The lowest BCUT2D eigenvalue weighted by atomic mass is 9.98. The largest absolute Gasteiger partial charge is 0.493 e. The molecule has 0 radical (unpaired) electrons. The van der Waals surface area contributed by atoms with Gasteiger partial charge < -0.3 is 10.5 Å². The van der Waals surface area contributed by atoms with Crippen LogP contribution in [0.25, 0.3) is 11.1 Å². The van der Waals surface area contributed by atoms with Crippen molar-refractivity contribution in [1.82, 2.24) is 0 Å². The highest BCUT2D eigenvalue weighted by Crippen LogP contribution is 2.32. The van der Waals surface area contributed by atoms with Crippen LogP contribution in [0.1, 0.15) is 17.3 Å². The Morgan fingerprint density at radius 1 is 1.06 bits per heavy atom. The highest BCUT2D eigenvalue weighted by atomic mass is 16.5. The zero-order chi connectivity index (χ0) is 13.0. The Bertz CT molecular complexity index is 564. The van der Waals surface area contributed by atoms with Crippen molar-refractivity contribution in [3.63, 3.8) is 0 Å². The summed E-state index contributed by atoms with van der Waals surface area (Å²) in [5, 5.41) is 0. The van der Waals surface area contributed by atoms with Gasteiger partial charge in [0.25, 0.3) is 0 Å². The summed E-state index contributed by atoms with van der Waals surface area (Å²) in [7, 11) is 0. The molecule has 0 saturated heterocycles. The normalized spacial score (nSPS) is 10.1. The van der Waals surface area contributed by atoms with Gasteiger partial charge in [-0.25, -0.2) is 0 Å². The van der Waals surface area contributed by atoms with E-state index in [4.69, 9.17) is 10.5 Å². The molecule has 0 aliphatic rings. The SMILES string of the molecule is CCOc1ccccc1-c1ccccc1C(N)=O. The average molecular weight is 241 g/mol. The van der Waals surface area contributed by atoms with E-state index < -0.39 is 5.91 Å². The lowest BCUT2D eigenvalue weighted by Crippen LogP contribution is -2.12. The van der Waals surface area contributed by atoms with Crippen LogP contribution < -0.4 is 10.5 Å². The molecule has 2 rings (SSSR count). The molecule has 3 nitrogen and oxygen atoms in total. The van der Waals surface area contributed by atoms with E-state index in [2.05, 4.69) is 0 Å². The molecule has 0 aliphatic heterocycles. The third-order valence-corrected chi connectivity index (χ3v) is 2.67. The van der Waals surface area contributed by atoms with Gasteiger partial charge in [0.1, 0.15) is 5.75 Å². The van der Waals surface area contributed by atoms with Crippen LogP contribution in [0.15, 0.2) is 48.5 Å². The van der Waals surface area contributed by atoms with Gasteiger partial charge in [0.05, 0.1) is 6.61 Å². The molecule has 92 valence electrons. The number of primary amides is 1. The monoisotopic (exact) mass is 241 g/mol. The predicted octanol–water partition coefficient (Wildman–Crippen LogP) is 2.85. The summed E-state index contributed by atoms with van der Waals surface area (Å²) in [6, 6.07) is 14.9. The minimum atomic E-state index is -0.433. The Hall–Kier alpha value is -2.29. The molecule has 0 atom stereocenters. The number of carbonyl (C=O) groups is 1. The molecule has 0 saturated carbocycles. The Kier molecular flexibility index (Phi) is 3.63. The summed E-state index contributed by atoms with van der Waals surface area (Å²) in [4.78, 5) is 11.4. The molecule has 0 fully saturated rings. The second-order valence-electron chi connectivity index (χ2n) is 3.84. The molecule has 0 aliphatic carbocycles. The number of para-hydroxylation sites is 1. The van der Waals surface area contributed by atoms with E-state index in [9.17, 15) is 4.79 Å². The molecule has 18 heavy (non-hydrogen) atoms. The Labute approximate surface area is 106 Å². The summed E-state index contributed by atoms with van der Waals surface area (Å²) in [5.74, 6) is 0.325. The van der Waals surface area contributed by atoms with E-state index in [1.165, 1.54) is 0 Å². The lowest BCUT2D eigenvalue weighted by Gasteiger charge is -2.12. The fourth-order valence-corrected chi connectivity index (χ4v) is 1.90. The van der Waals surface area contributed by atoms with E-state index in [1.54, 1.807) is 12.1 Å². The first kappa shape index (κ1) is 12.2. The van der Waals surface area contributed by atoms with Crippen molar-refractivity contribution >= 4 is 5.91 Å². The summed E-state index contributed by atoms with van der Waals surface area (Å²) in [6.07, 6.45) is 0. The van der Waals surface area contributed by atoms with Crippen molar-refractivity contribution in [2.24, 2.45) is 5.73 Å². The fourth-order valence-electron chi connectivity index (χ4n) is 1.90. The number of ether oxygens (including phenoxy) is 1. The van der Waals surface area contributed by atoms with Gasteiger partial charge in [-0.2, -0.15) is 0 Å². The maximum atomic E-state index is 11.4. The second-order valence-corrected chi connectivity index (χ2v) is 3.84. The summed E-state index contributed by atoms with van der Waals surface area (Å²) >= 11 is 0. The van der Waals surface area contributed by atoms with Crippen molar-refractivity contribution in [3.05, 3.63) is 54.1 Å². The first-order valence-electron chi connectivity index (χ1n) is 5.85. The van der Waals surface area contributed by atoms with Crippen molar-refractivity contribution < 1.29 is 9.53 Å². The van der Waals surface area contributed by atoms with Crippen LogP contribution in [0, 0.1) is 0 Å². The Morgan fingerprint density at radius 2 is 1.67 bits per heavy atom. The van der Waals surface area contributed by atoms with Crippen molar-refractivity contribution in [2.75, 3.05) is 6.61 Å². The van der Waals surface area contributed by atoms with Crippen molar-refractivity contribution in [3.8, 4) is 16.9 Å². The van der Waals surface area contributed by atoms with Gasteiger partial charge in [-0.15, -0.1) is 0 Å². The van der Waals surface area contributed by atoms with E-state index in [-0.39, 0.29) is 0 Å². The van der Waals surface area contributed by atoms with Gasteiger partial charge in [0.2, 0.25) is 5.91 Å². The number of hydrogen-bond donors (Lipinski definition) is 1. The van der Waals surface area contributed by atoms with Crippen molar-refractivity contribution in [1.29, 1.82) is 0 Å². The molecule has 2 N–H and O–H groups in total. The van der Waals surface area contributed by atoms with Crippen LogP contribution in [0.3, 0.4) is 0 Å². The quantitative estimate of drug-likeness (QED) is 0.894. The first-order chi connectivity index (χ1) is 8.74. The van der Waals surface area contributed by atoms with Gasteiger partial charge in [-0.1, -0.05) is 36.4 Å². The van der Waals surface area contributed by atoms with Crippen LogP contribution in [0.4, 0.5) is 0 Å². The van der Waals surface area contributed by atoms with Gasteiger partial charge in [-0.05, 0) is 24.6 Å². The molecule has 0 unspecified atom stereocenters. The van der Waals surface area contributed by atoms with Gasteiger partial charge in [-0.3, -0.25) is 4.79 Å². The highest BCUT2D eigenvalue weighted by Gasteiger charge is 2.12. The molecule has 1 amide bonds. The average Bonchev–Trinajstić information content (AvgIpc) is 2.40. The number of carbonyl (C=O) groups excluding carboxylic acids is 1. The zero-order valence-electron chi connectivity index (χ0n) is 10.2. The van der Waals surface area contributed by atoms with Gasteiger partial charge in [0.15, 0.2) is 0 Å². The Balaban J connectivity index is 2.58. The number of rotatable bonds is 4. The number of amides is 1. The predicted molar refractivity (Wildman–Crippen MR) is 71.6 cm³/mol. The molecule has 0 aromatic heterocycles. The summed E-state index contributed by atoms with van der Waals surface area (Å²) in [6.45, 7) is 2.51. The summed E-state index contributed by atoms with van der Waals surface area (Å²) < 4.78 is 5.57. The smallest absolute Gasteiger partial charge is 0.249 e. The van der Waals surface area contributed by atoms with Crippen LogP contribution >= 0.6 is 0 Å².